The van der Waals surface area contributed by atoms with Gasteiger partial charge in [0, 0.05) is 25.2 Å². The second-order valence-electron chi connectivity index (χ2n) is 6.74. The molecule has 1 atom stereocenters. The number of amides is 2. The number of rotatable bonds is 4. The molecule has 0 saturated carbocycles. The van der Waals surface area contributed by atoms with Crippen molar-refractivity contribution in [2.45, 2.75) is 37.8 Å². The molecule has 5 nitrogen and oxygen atoms in total. The minimum atomic E-state index is -0.290. The van der Waals surface area contributed by atoms with Crippen molar-refractivity contribution in [3.05, 3.63) is 41.7 Å². The molecule has 2 heterocycles. The lowest BCUT2D eigenvalue weighted by Gasteiger charge is -2.38. The van der Waals surface area contributed by atoms with Crippen molar-refractivity contribution in [3.63, 3.8) is 0 Å². The highest BCUT2D eigenvalue weighted by molar-refractivity contribution is 5.91. The lowest BCUT2D eigenvalue weighted by molar-refractivity contribution is -0.129. The van der Waals surface area contributed by atoms with Crippen LogP contribution in [0.15, 0.2) is 30.3 Å². The number of likely N-dealkylation sites (tertiary alicyclic amines) is 2. The van der Waals surface area contributed by atoms with Gasteiger partial charge in [0.15, 0.2) is 0 Å². The van der Waals surface area contributed by atoms with E-state index in [1.54, 1.807) is 18.2 Å². The van der Waals surface area contributed by atoms with Crippen LogP contribution in [0.25, 0.3) is 6.08 Å². The second-order valence-corrected chi connectivity index (χ2v) is 6.74. The van der Waals surface area contributed by atoms with E-state index in [9.17, 15) is 14.0 Å². The van der Waals surface area contributed by atoms with E-state index < -0.39 is 0 Å². The topological polar surface area (TPSA) is 66.6 Å². The van der Waals surface area contributed by atoms with E-state index >= 15 is 0 Å². The van der Waals surface area contributed by atoms with Gasteiger partial charge in [-0.3, -0.25) is 14.5 Å². The quantitative estimate of drug-likeness (QED) is 0.846. The Kier molecular flexibility index (Phi) is 5.48. The molecule has 0 unspecified atom stereocenters. The summed E-state index contributed by atoms with van der Waals surface area (Å²) in [6.07, 6.45) is 6.81. The van der Waals surface area contributed by atoms with Crippen molar-refractivity contribution in [2.75, 3.05) is 19.6 Å². The van der Waals surface area contributed by atoms with E-state index in [0.717, 1.165) is 37.8 Å². The van der Waals surface area contributed by atoms with Crippen molar-refractivity contribution in [1.82, 2.24) is 9.80 Å². The molecule has 2 fully saturated rings. The van der Waals surface area contributed by atoms with Crippen LogP contribution in [0, 0.1) is 5.82 Å². The Morgan fingerprint density at radius 2 is 1.76 bits per heavy atom. The van der Waals surface area contributed by atoms with E-state index in [4.69, 9.17) is 5.73 Å². The molecule has 3 rings (SSSR count). The first kappa shape index (κ1) is 17.6. The Balaban J connectivity index is 1.52. The molecule has 0 radical (unpaired) electrons. The van der Waals surface area contributed by atoms with Crippen molar-refractivity contribution in [2.24, 2.45) is 5.73 Å². The second kappa shape index (κ2) is 7.78. The van der Waals surface area contributed by atoms with Gasteiger partial charge < -0.3 is 10.6 Å². The summed E-state index contributed by atoms with van der Waals surface area (Å²) in [5.74, 6) is -0.560. The zero-order valence-corrected chi connectivity index (χ0v) is 14.2. The summed E-state index contributed by atoms with van der Waals surface area (Å²) in [6, 6.07) is 6.21. The van der Waals surface area contributed by atoms with Gasteiger partial charge in [0.05, 0.1) is 6.04 Å². The summed E-state index contributed by atoms with van der Waals surface area (Å²) < 4.78 is 12.9. The molecule has 134 valence electrons. The van der Waals surface area contributed by atoms with Crippen LogP contribution in [0.1, 0.15) is 31.2 Å². The van der Waals surface area contributed by atoms with Crippen molar-refractivity contribution < 1.29 is 14.0 Å². The number of benzene rings is 1. The normalized spacial score (nSPS) is 22.6. The molecule has 2 aliphatic rings. The fourth-order valence-electron chi connectivity index (χ4n) is 3.80. The van der Waals surface area contributed by atoms with Crippen LogP contribution in [-0.2, 0) is 9.59 Å². The molecule has 2 saturated heterocycles. The van der Waals surface area contributed by atoms with E-state index in [1.165, 1.54) is 18.2 Å². The first-order valence-electron chi connectivity index (χ1n) is 8.82. The number of hydrogen-bond acceptors (Lipinski definition) is 3. The molecule has 2 aliphatic heterocycles. The Bertz CT molecular complexity index is 651. The van der Waals surface area contributed by atoms with E-state index in [1.807, 2.05) is 4.90 Å². The zero-order chi connectivity index (χ0) is 17.8. The number of carbonyl (C=O) groups is 2. The van der Waals surface area contributed by atoms with Gasteiger partial charge in [-0.05, 0) is 56.0 Å². The molecule has 2 N–H and O–H groups in total. The Labute approximate surface area is 147 Å². The van der Waals surface area contributed by atoms with Gasteiger partial charge in [0.25, 0.3) is 0 Å². The highest BCUT2D eigenvalue weighted by Crippen LogP contribution is 2.26. The maximum Gasteiger partial charge on any atom is 0.246 e. The third kappa shape index (κ3) is 4.25. The Hall–Kier alpha value is -2.21. The maximum absolute atomic E-state index is 12.9. The van der Waals surface area contributed by atoms with E-state index in [2.05, 4.69) is 4.90 Å². The smallest absolute Gasteiger partial charge is 0.246 e. The van der Waals surface area contributed by atoms with Crippen LogP contribution in [0.4, 0.5) is 4.39 Å². The molecule has 0 aliphatic carbocycles. The number of piperidine rings is 1. The Morgan fingerprint density at radius 3 is 2.40 bits per heavy atom. The van der Waals surface area contributed by atoms with Crippen LogP contribution in [-0.4, -0.2) is 53.3 Å². The molecule has 1 aromatic carbocycles. The first-order chi connectivity index (χ1) is 12.0. The molecular weight excluding hydrogens is 321 g/mol. The van der Waals surface area contributed by atoms with Crippen molar-refractivity contribution in [1.29, 1.82) is 0 Å². The monoisotopic (exact) mass is 345 g/mol. The molecule has 0 spiro atoms. The number of primary amides is 1. The van der Waals surface area contributed by atoms with Crippen molar-refractivity contribution >= 4 is 17.9 Å². The van der Waals surface area contributed by atoms with Gasteiger partial charge in [0.1, 0.15) is 5.82 Å². The van der Waals surface area contributed by atoms with E-state index in [-0.39, 0.29) is 23.7 Å². The predicted molar refractivity (Wildman–Crippen MR) is 94.0 cm³/mol. The lowest BCUT2D eigenvalue weighted by atomic mass is 10.0. The summed E-state index contributed by atoms with van der Waals surface area (Å²) in [5.41, 5.74) is 6.29. The SMILES string of the molecule is NC(=O)[C@@H]1CCCN1C1CCN(C(=O)/C=C\c2ccc(F)cc2)CC1. The molecule has 0 bridgehead atoms. The zero-order valence-electron chi connectivity index (χ0n) is 14.2. The molecule has 2 amide bonds. The molecule has 6 heteroatoms. The fraction of sp³-hybridized carbons (Fsp3) is 0.474. The molecular formula is C19H24FN3O2. The fourth-order valence-corrected chi connectivity index (χ4v) is 3.80. The summed E-state index contributed by atoms with van der Waals surface area (Å²) in [5, 5.41) is 0. The number of nitrogens with two attached hydrogens (primary N) is 1. The van der Waals surface area contributed by atoms with Gasteiger partial charge in [-0.15, -0.1) is 0 Å². The summed E-state index contributed by atoms with van der Waals surface area (Å²) in [7, 11) is 0. The lowest BCUT2D eigenvalue weighted by Crippen LogP contribution is -2.51. The van der Waals surface area contributed by atoms with Gasteiger partial charge >= 0.3 is 0 Å². The predicted octanol–water partition coefficient (Wildman–Crippen LogP) is 1.78. The molecule has 1 aromatic rings. The highest BCUT2D eigenvalue weighted by atomic mass is 19.1. The van der Waals surface area contributed by atoms with Crippen LogP contribution in [0.5, 0.6) is 0 Å². The van der Waals surface area contributed by atoms with Crippen LogP contribution in [0.2, 0.25) is 0 Å². The average Bonchev–Trinajstić information content (AvgIpc) is 3.11. The third-order valence-corrected chi connectivity index (χ3v) is 5.16. The van der Waals surface area contributed by atoms with Crippen LogP contribution >= 0.6 is 0 Å². The minimum Gasteiger partial charge on any atom is -0.368 e. The average molecular weight is 345 g/mol. The van der Waals surface area contributed by atoms with Gasteiger partial charge in [-0.1, -0.05) is 12.1 Å². The third-order valence-electron chi connectivity index (χ3n) is 5.16. The van der Waals surface area contributed by atoms with Crippen LogP contribution < -0.4 is 5.73 Å². The number of nitrogens with zero attached hydrogens (tertiary/aromatic N) is 2. The number of hydrogen-bond donors (Lipinski definition) is 1. The van der Waals surface area contributed by atoms with Crippen molar-refractivity contribution in [3.8, 4) is 0 Å². The van der Waals surface area contributed by atoms with Crippen LogP contribution in [0.3, 0.4) is 0 Å². The standard InChI is InChI=1S/C19H24FN3O2/c20-15-6-3-14(4-7-15)5-8-18(24)22-12-9-16(10-13-22)23-11-1-2-17(23)19(21)25/h3-8,16-17H,1-2,9-13H2,(H2,21,25)/b8-5-/t17-/m0/s1. The summed E-state index contributed by atoms with van der Waals surface area (Å²) >= 11 is 0. The minimum absolute atomic E-state index is 0.0318. The van der Waals surface area contributed by atoms with Gasteiger partial charge in [0.2, 0.25) is 11.8 Å². The van der Waals surface area contributed by atoms with Gasteiger partial charge in [-0.25, -0.2) is 4.39 Å². The molecule has 0 aromatic heterocycles. The number of carbonyl (C=O) groups excluding carboxylic acids is 2. The largest absolute Gasteiger partial charge is 0.368 e. The number of halogens is 1. The van der Waals surface area contributed by atoms with Gasteiger partial charge in [-0.2, -0.15) is 0 Å². The highest BCUT2D eigenvalue weighted by Gasteiger charge is 2.35. The molecule has 25 heavy (non-hydrogen) atoms. The maximum atomic E-state index is 12.9. The van der Waals surface area contributed by atoms with E-state index in [0.29, 0.717) is 19.1 Å². The Morgan fingerprint density at radius 1 is 1.08 bits per heavy atom. The first-order valence-corrected chi connectivity index (χ1v) is 8.82. The summed E-state index contributed by atoms with van der Waals surface area (Å²) in [4.78, 5) is 27.9. The summed E-state index contributed by atoms with van der Waals surface area (Å²) in [6.45, 7) is 2.27.